The normalized spacial score (nSPS) is 11.3. The number of nitrogens with one attached hydrogen (secondary N) is 2. The minimum atomic E-state index is -0.680. The Bertz CT molecular complexity index is 738. The number of imide groups is 1. The summed E-state index contributed by atoms with van der Waals surface area (Å²) in [4.78, 5) is 36.4. The van der Waals surface area contributed by atoms with Crippen LogP contribution in [0.4, 0.5) is 4.79 Å². The van der Waals surface area contributed by atoms with E-state index in [1.807, 2.05) is 60.7 Å². The molecule has 0 saturated heterocycles. The van der Waals surface area contributed by atoms with Gasteiger partial charge in [-0.3, -0.25) is 14.9 Å². The number of carbonyl (C=O) groups is 3. The fourth-order valence-corrected chi connectivity index (χ4v) is 3.14. The summed E-state index contributed by atoms with van der Waals surface area (Å²) in [7, 11) is 0. The van der Waals surface area contributed by atoms with Crippen molar-refractivity contribution in [3.63, 3.8) is 0 Å². The summed E-state index contributed by atoms with van der Waals surface area (Å²) in [6.07, 6.45) is 0. The van der Waals surface area contributed by atoms with Gasteiger partial charge >= 0.3 is 12.0 Å². The maximum Gasteiger partial charge on any atom is 0.324 e. The smallest absolute Gasteiger partial charge is 0.324 e. The predicted molar refractivity (Wildman–Crippen MR) is 99.7 cm³/mol. The van der Waals surface area contributed by atoms with Crippen molar-refractivity contribution in [1.82, 2.24) is 10.6 Å². The molecule has 2 rings (SSSR count). The van der Waals surface area contributed by atoms with Crippen LogP contribution in [0.25, 0.3) is 0 Å². The Kier molecular flexibility index (Phi) is 7.70. The van der Waals surface area contributed by atoms with Crippen LogP contribution in [0.2, 0.25) is 0 Å². The summed E-state index contributed by atoms with van der Waals surface area (Å²) in [5.74, 6) is -1.23. The molecule has 6 nitrogen and oxygen atoms in total. The van der Waals surface area contributed by atoms with Crippen LogP contribution in [0.5, 0.6) is 0 Å². The minimum Gasteiger partial charge on any atom is -0.454 e. The van der Waals surface area contributed by atoms with Crippen LogP contribution in [0, 0.1) is 0 Å². The van der Waals surface area contributed by atoms with Gasteiger partial charge in [-0.15, -0.1) is 11.8 Å². The van der Waals surface area contributed by atoms with Gasteiger partial charge in [0.15, 0.2) is 6.61 Å². The summed E-state index contributed by atoms with van der Waals surface area (Å²) >= 11 is 1.34. The lowest BCUT2D eigenvalue weighted by atomic mass is 10.1. The summed E-state index contributed by atoms with van der Waals surface area (Å²) in [6, 6.07) is 18.0. The molecule has 0 aliphatic heterocycles. The van der Waals surface area contributed by atoms with Crippen molar-refractivity contribution in [3.05, 3.63) is 66.2 Å². The number of ether oxygens (including phenoxy) is 1. The van der Waals surface area contributed by atoms with Crippen LogP contribution in [0.3, 0.4) is 0 Å². The Morgan fingerprint density at radius 3 is 2.23 bits per heavy atom. The molecule has 0 aliphatic rings. The number of amides is 3. The first-order valence-corrected chi connectivity index (χ1v) is 8.99. The summed E-state index contributed by atoms with van der Waals surface area (Å²) in [5.41, 5.74) is 0.774. The van der Waals surface area contributed by atoms with Crippen molar-refractivity contribution >= 4 is 29.7 Å². The quantitative estimate of drug-likeness (QED) is 0.577. The second-order valence-electron chi connectivity index (χ2n) is 5.24. The number of carbonyl (C=O) groups excluding carboxylic acids is 3. The zero-order valence-electron chi connectivity index (χ0n) is 14.3. The second-order valence-corrected chi connectivity index (χ2v) is 6.42. The monoisotopic (exact) mass is 372 g/mol. The first-order valence-electron chi connectivity index (χ1n) is 8.11. The SMILES string of the molecule is CCNC(=O)NC(=O)COC(=O)[C@H](Sc1ccccc1)c1ccccc1. The van der Waals surface area contributed by atoms with E-state index in [4.69, 9.17) is 4.74 Å². The van der Waals surface area contributed by atoms with E-state index in [9.17, 15) is 14.4 Å². The molecular formula is C19H20N2O4S. The number of urea groups is 1. The minimum absolute atomic E-state index is 0.392. The van der Waals surface area contributed by atoms with Gasteiger partial charge in [-0.1, -0.05) is 48.5 Å². The zero-order valence-corrected chi connectivity index (χ0v) is 15.1. The van der Waals surface area contributed by atoms with E-state index in [1.165, 1.54) is 11.8 Å². The molecule has 0 spiro atoms. The van der Waals surface area contributed by atoms with Crippen molar-refractivity contribution in [1.29, 1.82) is 0 Å². The summed E-state index contributed by atoms with van der Waals surface area (Å²) in [5, 5.41) is 3.91. The number of hydrogen-bond acceptors (Lipinski definition) is 5. The molecule has 7 heteroatoms. The van der Waals surface area contributed by atoms with Gasteiger partial charge in [-0.05, 0) is 24.6 Å². The molecule has 136 valence electrons. The summed E-state index contributed by atoms with van der Waals surface area (Å²) in [6.45, 7) is 1.60. The van der Waals surface area contributed by atoms with Crippen LogP contribution in [-0.4, -0.2) is 31.1 Å². The molecule has 0 unspecified atom stereocenters. The fraction of sp³-hybridized carbons (Fsp3) is 0.211. The molecule has 0 bridgehead atoms. The largest absolute Gasteiger partial charge is 0.454 e. The van der Waals surface area contributed by atoms with Gasteiger partial charge in [0, 0.05) is 11.4 Å². The standard InChI is InChI=1S/C19H20N2O4S/c1-2-20-19(24)21-16(22)13-25-18(23)17(14-9-5-3-6-10-14)26-15-11-7-4-8-12-15/h3-12,17H,2,13H2,1H3,(H2,20,21,22,24)/t17-/m1/s1. The number of esters is 1. The van der Waals surface area contributed by atoms with E-state index in [0.29, 0.717) is 6.54 Å². The zero-order chi connectivity index (χ0) is 18.8. The van der Waals surface area contributed by atoms with E-state index < -0.39 is 29.8 Å². The first-order chi connectivity index (χ1) is 12.6. The van der Waals surface area contributed by atoms with Crippen molar-refractivity contribution in [2.75, 3.05) is 13.2 Å². The third-order valence-electron chi connectivity index (χ3n) is 3.25. The summed E-state index contributed by atoms with van der Waals surface area (Å²) < 4.78 is 5.12. The van der Waals surface area contributed by atoms with Gasteiger partial charge in [0.1, 0.15) is 5.25 Å². The Hall–Kier alpha value is -2.80. The molecule has 2 aromatic carbocycles. The Labute approximate surface area is 156 Å². The maximum absolute atomic E-state index is 12.5. The van der Waals surface area contributed by atoms with E-state index in [2.05, 4.69) is 10.6 Å². The molecule has 2 N–H and O–H groups in total. The Morgan fingerprint density at radius 2 is 1.62 bits per heavy atom. The van der Waals surface area contributed by atoms with Crippen molar-refractivity contribution < 1.29 is 19.1 Å². The van der Waals surface area contributed by atoms with Crippen LogP contribution in [0.15, 0.2) is 65.6 Å². The highest BCUT2D eigenvalue weighted by atomic mass is 32.2. The average molecular weight is 372 g/mol. The molecule has 0 fully saturated rings. The molecule has 1 atom stereocenters. The highest BCUT2D eigenvalue weighted by molar-refractivity contribution is 8.00. The van der Waals surface area contributed by atoms with Crippen molar-refractivity contribution in [2.45, 2.75) is 17.1 Å². The van der Waals surface area contributed by atoms with Gasteiger partial charge in [-0.2, -0.15) is 0 Å². The lowest BCUT2D eigenvalue weighted by molar-refractivity contribution is -0.147. The van der Waals surface area contributed by atoms with E-state index in [0.717, 1.165) is 10.5 Å². The predicted octanol–water partition coefficient (Wildman–Crippen LogP) is 2.91. The highest BCUT2D eigenvalue weighted by Crippen LogP contribution is 2.36. The number of thioether (sulfide) groups is 1. The molecule has 3 amide bonds. The average Bonchev–Trinajstić information content (AvgIpc) is 2.66. The molecule has 0 aromatic heterocycles. The number of rotatable bonds is 7. The van der Waals surface area contributed by atoms with Crippen LogP contribution < -0.4 is 10.6 Å². The van der Waals surface area contributed by atoms with Gasteiger partial charge in [-0.25, -0.2) is 4.79 Å². The lowest BCUT2D eigenvalue weighted by Crippen LogP contribution is -2.41. The van der Waals surface area contributed by atoms with Gasteiger partial charge < -0.3 is 10.1 Å². The van der Waals surface area contributed by atoms with Crippen LogP contribution >= 0.6 is 11.8 Å². The highest BCUT2D eigenvalue weighted by Gasteiger charge is 2.24. The molecule has 0 heterocycles. The van der Waals surface area contributed by atoms with Crippen LogP contribution in [0.1, 0.15) is 17.7 Å². The van der Waals surface area contributed by atoms with Crippen LogP contribution in [-0.2, 0) is 14.3 Å². The fourth-order valence-electron chi connectivity index (χ4n) is 2.10. The molecule has 26 heavy (non-hydrogen) atoms. The number of hydrogen-bond donors (Lipinski definition) is 2. The van der Waals surface area contributed by atoms with Crippen molar-refractivity contribution in [2.24, 2.45) is 0 Å². The first kappa shape index (κ1) is 19.5. The van der Waals surface area contributed by atoms with E-state index in [1.54, 1.807) is 6.92 Å². The molecular weight excluding hydrogens is 352 g/mol. The van der Waals surface area contributed by atoms with Gasteiger partial charge in [0.2, 0.25) is 0 Å². The number of benzene rings is 2. The van der Waals surface area contributed by atoms with E-state index >= 15 is 0 Å². The van der Waals surface area contributed by atoms with Gasteiger partial charge in [0.05, 0.1) is 0 Å². The van der Waals surface area contributed by atoms with Gasteiger partial charge in [0.25, 0.3) is 5.91 Å². The second kappa shape index (κ2) is 10.2. The molecule has 0 aliphatic carbocycles. The third kappa shape index (κ3) is 6.25. The van der Waals surface area contributed by atoms with E-state index in [-0.39, 0.29) is 0 Å². The Balaban J connectivity index is 2.02. The maximum atomic E-state index is 12.5. The Morgan fingerprint density at radius 1 is 1.00 bits per heavy atom. The lowest BCUT2D eigenvalue weighted by Gasteiger charge is -2.16. The van der Waals surface area contributed by atoms with Crippen molar-refractivity contribution in [3.8, 4) is 0 Å². The third-order valence-corrected chi connectivity index (χ3v) is 4.49. The molecule has 0 radical (unpaired) electrons. The molecule has 0 saturated carbocycles. The molecule has 2 aromatic rings. The topological polar surface area (TPSA) is 84.5 Å².